The minimum absolute atomic E-state index is 0.0169. The van der Waals surface area contributed by atoms with Crippen molar-refractivity contribution in [2.75, 3.05) is 0 Å². The monoisotopic (exact) mass is 542 g/mol. The summed E-state index contributed by atoms with van der Waals surface area (Å²) in [4.78, 5) is 61.6. The molecule has 0 bridgehead atoms. The molecular formula is C27H34N4O8. The number of nitrogens with two attached hydrogens (primary N) is 1. The van der Waals surface area contributed by atoms with Gasteiger partial charge < -0.3 is 37.0 Å². The first-order valence-electron chi connectivity index (χ1n) is 12.3. The SMILES string of the molecule is CC(C)C(NC(=O)C(N)Cc1ccc(O)cc1)C(=O)NC(Cc1ccccc1)C(=O)NC(CC(=O)O)C(=O)O. The molecule has 0 saturated carbocycles. The number of aliphatic carboxylic acids is 2. The average Bonchev–Trinajstić information content (AvgIpc) is 2.87. The lowest BCUT2D eigenvalue weighted by Crippen LogP contribution is -2.59. The summed E-state index contributed by atoms with van der Waals surface area (Å²) in [5.41, 5.74) is 7.40. The molecule has 3 amide bonds. The number of aromatic hydroxyl groups is 1. The van der Waals surface area contributed by atoms with Crippen LogP contribution in [0.25, 0.3) is 0 Å². The zero-order chi connectivity index (χ0) is 29.1. The van der Waals surface area contributed by atoms with Crippen LogP contribution in [0.1, 0.15) is 31.4 Å². The Morgan fingerprint density at radius 2 is 1.31 bits per heavy atom. The number of carbonyl (C=O) groups is 5. The number of benzene rings is 2. The van der Waals surface area contributed by atoms with Crippen LogP contribution in [0.4, 0.5) is 0 Å². The molecule has 2 rings (SSSR count). The minimum Gasteiger partial charge on any atom is -0.508 e. The van der Waals surface area contributed by atoms with Crippen molar-refractivity contribution in [2.24, 2.45) is 11.7 Å². The van der Waals surface area contributed by atoms with Crippen LogP contribution in [0, 0.1) is 5.92 Å². The molecule has 0 radical (unpaired) electrons. The smallest absolute Gasteiger partial charge is 0.326 e. The highest BCUT2D eigenvalue weighted by Crippen LogP contribution is 2.12. The van der Waals surface area contributed by atoms with Crippen LogP contribution in [-0.2, 0) is 36.8 Å². The van der Waals surface area contributed by atoms with Crippen LogP contribution in [0.5, 0.6) is 5.75 Å². The van der Waals surface area contributed by atoms with Crippen LogP contribution in [0.15, 0.2) is 54.6 Å². The molecule has 4 unspecified atom stereocenters. The number of hydrogen-bond acceptors (Lipinski definition) is 7. The lowest BCUT2D eigenvalue weighted by atomic mass is 9.99. The zero-order valence-corrected chi connectivity index (χ0v) is 21.7. The van der Waals surface area contributed by atoms with Crippen molar-refractivity contribution >= 4 is 29.7 Å². The Labute approximate surface area is 225 Å². The molecular weight excluding hydrogens is 508 g/mol. The van der Waals surface area contributed by atoms with Crippen molar-refractivity contribution in [3.8, 4) is 5.75 Å². The second-order valence-electron chi connectivity index (χ2n) is 9.46. The third-order valence-electron chi connectivity index (χ3n) is 5.88. The lowest BCUT2D eigenvalue weighted by Gasteiger charge is -2.27. The maximum atomic E-state index is 13.3. The van der Waals surface area contributed by atoms with Gasteiger partial charge in [0.15, 0.2) is 0 Å². The molecule has 210 valence electrons. The number of hydrogen-bond donors (Lipinski definition) is 7. The number of phenolic OH excluding ortho intramolecular Hbond substituents is 1. The number of carboxylic acid groups (broad SMARTS) is 2. The molecule has 0 aliphatic rings. The number of phenols is 1. The Balaban J connectivity index is 2.18. The third kappa shape index (κ3) is 10.1. The van der Waals surface area contributed by atoms with E-state index < -0.39 is 66.2 Å². The lowest BCUT2D eigenvalue weighted by molar-refractivity contribution is -0.147. The van der Waals surface area contributed by atoms with Gasteiger partial charge in [0, 0.05) is 6.42 Å². The van der Waals surface area contributed by atoms with Gasteiger partial charge in [-0.05, 0) is 35.6 Å². The van der Waals surface area contributed by atoms with E-state index in [-0.39, 0.29) is 18.6 Å². The van der Waals surface area contributed by atoms with Crippen LogP contribution in [0.3, 0.4) is 0 Å². The number of nitrogens with one attached hydrogen (secondary N) is 3. The fourth-order valence-corrected chi connectivity index (χ4v) is 3.74. The van der Waals surface area contributed by atoms with E-state index in [0.29, 0.717) is 11.1 Å². The Morgan fingerprint density at radius 3 is 1.85 bits per heavy atom. The van der Waals surface area contributed by atoms with Gasteiger partial charge in [0.25, 0.3) is 0 Å². The van der Waals surface area contributed by atoms with Crippen molar-refractivity contribution in [2.45, 2.75) is 57.3 Å². The van der Waals surface area contributed by atoms with Crippen LogP contribution >= 0.6 is 0 Å². The van der Waals surface area contributed by atoms with Gasteiger partial charge in [0.1, 0.15) is 23.9 Å². The second-order valence-corrected chi connectivity index (χ2v) is 9.46. The summed E-state index contributed by atoms with van der Waals surface area (Å²) >= 11 is 0. The Kier molecular flexibility index (Phi) is 11.4. The van der Waals surface area contributed by atoms with Crippen molar-refractivity contribution in [3.63, 3.8) is 0 Å². The first-order valence-corrected chi connectivity index (χ1v) is 12.3. The molecule has 0 fully saturated rings. The predicted octanol–water partition coefficient (Wildman–Crippen LogP) is 0.174. The summed E-state index contributed by atoms with van der Waals surface area (Å²) in [5.74, 6) is -5.49. The molecule has 0 aliphatic heterocycles. The Hall–Kier alpha value is -4.45. The summed E-state index contributed by atoms with van der Waals surface area (Å²) in [5, 5.41) is 35.1. The molecule has 0 saturated heterocycles. The highest BCUT2D eigenvalue weighted by molar-refractivity contribution is 5.95. The van der Waals surface area contributed by atoms with Crippen molar-refractivity contribution in [1.82, 2.24) is 16.0 Å². The van der Waals surface area contributed by atoms with E-state index in [1.54, 1.807) is 56.3 Å². The molecule has 0 spiro atoms. The largest absolute Gasteiger partial charge is 0.508 e. The van der Waals surface area contributed by atoms with E-state index in [2.05, 4.69) is 16.0 Å². The highest BCUT2D eigenvalue weighted by atomic mass is 16.4. The highest BCUT2D eigenvalue weighted by Gasteiger charge is 2.32. The van der Waals surface area contributed by atoms with Crippen molar-refractivity contribution < 1.29 is 39.3 Å². The van der Waals surface area contributed by atoms with E-state index in [1.165, 1.54) is 12.1 Å². The first-order chi connectivity index (χ1) is 18.4. The third-order valence-corrected chi connectivity index (χ3v) is 5.88. The van der Waals surface area contributed by atoms with Gasteiger partial charge in [0.05, 0.1) is 12.5 Å². The molecule has 4 atom stereocenters. The fourth-order valence-electron chi connectivity index (χ4n) is 3.74. The molecule has 0 aliphatic carbocycles. The second kappa shape index (κ2) is 14.5. The van der Waals surface area contributed by atoms with Crippen LogP contribution in [-0.4, -0.2) is 69.1 Å². The van der Waals surface area contributed by atoms with Gasteiger partial charge in [-0.2, -0.15) is 0 Å². The zero-order valence-electron chi connectivity index (χ0n) is 21.7. The summed E-state index contributed by atoms with van der Waals surface area (Å²) < 4.78 is 0. The summed E-state index contributed by atoms with van der Waals surface area (Å²) in [6, 6.07) is 9.76. The number of carboxylic acids is 2. The molecule has 39 heavy (non-hydrogen) atoms. The molecule has 0 heterocycles. The number of amides is 3. The van der Waals surface area contributed by atoms with Crippen LogP contribution < -0.4 is 21.7 Å². The number of carbonyl (C=O) groups excluding carboxylic acids is 3. The molecule has 12 heteroatoms. The predicted molar refractivity (Wildman–Crippen MR) is 140 cm³/mol. The summed E-state index contributed by atoms with van der Waals surface area (Å²) in [6.07, 6.45) is -0.717. The van der Waals surface area contributed by atoms with Gasteiger partial charge >= 0.3 is 11.9 Å². The van der Waals surface area contributed by atoms with Crippen molar-refractivity contribution in [1.29, 1.82) is 0 Å². The molecule has 8 N–H and O–H groups in total. The maximum absolute atomic E-state index is 13.3. The summed E-state index contributed by atoms with van der Waals surface area (Å²) in [6.45, 7) is 3.38. The van der Waals surface area contributed by atoms with E-state index in [1.807, 2.05) is 0 Å². The number of rotatable bonds is 14. The van der Waals surface area contributed by atoms with E-state index in [9.17, 15) is 34.2 Å². The quantitative estimate of drug-likeness (QED) is 0.173. The Morgan fingerprint density at radius 1 is 0.744 bits per heavy atom. The Bertz CT molecular complexity index is 1150. The normalized spacial score (nSPS) is 13.9. The van der Waals surface area contributed by atoms with Gasteiger partial charge in [-0.15, -0.1) is 0 Å². The van der Waals surface area contributed by atoms with E-state index in [0.717, 1.165) is 0 Å². The van der Waals surface area contributed by atoms with E-state index >= 15 is 0 Å². The van der Waals surface area contributed by atoms with Gasteiger partial charge in [-0.25, -0.2) is 4.79 Å². The standard InChI is InChI=1S/C27H34N4O8/c1-15(2)23(31-24(35)19(28)12-17-8-10-18(32)11-9-17)26(37)29-20(13-16-6-4-3-5-7-16)25(36)30-21(27(38)39)14-22(33)34/h3-11,15,19-21,23,32H,12-14,28H2,1-2H3,(H,29,37)(H,30,36)(H,31,35)(H,33,34)(H,38,39). The summed E-state index contributed by atoms with van der Waals surface area (Å²) in [7, 11) is 0. The topological polar surface area (TPSA) is 208 Å². The molecule has 0 aromatic heterocycles. The van der Waals surface area contributed by atoms with Crippen LogP contribution in [0.2, 0.25) is 0 Å². The van der Waals surface area contributed by atoms with E-state index in [4.69, 9.17) is 10.8 Å². The molecule has 2 aromatic rings. The van der Waals surface area contributed by atoms with Gasteiger partial charge in [-0.1, -0.05) is 56.3 Å². The molecule has 12 nitrogen and oxygen atoms in total. The average molecular weight is 543 g/mol. The fraction of sp³-hybridized carbons (Fsp3) is 0.370. The maximum Gasteiger partial charge on any atom is 0.326 e. The van der Waals surface area contributed by atoms with Gasteiger partial charge in [-0.3, -0.25) is 19.2 Å². The first kappa shape index (κ1) is 30.8. The molecule has 2 aromatic carbocycles. The van der Waals surface area contributed by atoms with Gasteiger partial charge in [0.2, 0.25) is 17.7 Å². The minimum atomic E-state index is -1.70. The van der Waals surface area contributed by atoms with Crippen molar-refractivity contribution in [3.05, 3.63) is 65.7 Å².